The number of carboxylic acid groups (broad SMARTS) is 1. The molecule has 0 radical (unpaired) electrons. The van der Waals surface area contributed by atoms with Gasteiger partial charge in [-0.1, -0.05) is 55.5 Å². The van der Waals surface area contributed by atoms with Crippen molar-refractivity contribution in [3.63, 3.8) is 0 Å². The molecule has 0 aliphatic heterocycles. The van der Waals surface area contributed by atoms with E-state index >= 15 is 0 Å². The number of carbonyl (C=O) groups is 2. The summed E-state index contributed by atoms with van der Waals surface area (Å²) in [7, 11) is 0. The van der Waals surface area contributed by atoms with Crippen molar-refractivity contribution in [3.05, 3.63) is 59.7 Å². The molecule has 142 valence electrons. The number of carboxylic acids is 1. The molecule has 2 aromatic rings. The van der Waals surface area contributed by atoms with E-state index in [0.29, 0.717) is 0 Å². The molecule has 0 heterocycles. The van der Waals surface area contributed by atoms with E-state index in [-0.39, 0.29) is 24.9 Å². The van der Waals surface area contributed by atoms with Crippen LogP contribution in [-0.4, -0.2) is 29.3 Å². The first-order chi connectivity index (χ1) is 12.8. The number of fused-ring (bicyclic) bond motifs is 3. The third-order valence-electron chi connectivity index (χ3n) is 5.48. The first-order valence-corrected chi connectivity index (χ1v) is 9.14. The Morgan fingerprint density at radius 2 is 1.59 bits per heavy atom. The lowest BCUT2D eigenvalue weighted by molar-refractivity contribution is -0.138. The van der Waals surface area contributed by atoms with Crippen molar-refractivity contribution < 1.29 is 19.4 Å². The largest absolute Gasteiger partial charge is 0.481 e. The van der Waals surface area contributed by atoms with E-state index in [0.717, 1.165) is 11.1 Å². The topological polar surface area (TPSA) is 75.6 Å². The minimum atomic E-state index is -0.884. The number of carbonyl (C=O) groups excluding carboxylic acids is 1. The smallest absolute Gasteiger partial charge is 0.407 e. The lowest BCUT2D eigenvalue weighted by atomic mass is 9.86. The standard InChI is InChI=1S/C22H25NO4/c1-14(12-20(24)25)22(2,3)23-21(26)27-13-19-17-10-6-4-8-15(17)16-9-5-7-11-18(16)19/h4-11,14,19H,12-13H2,1-3H3,(H,23,26)(H,24,25). The molecule has 1 aliphatic rings. The second-order valence-corrected chi connectivity index (χ2v) is 7.67. The number of aliphatic carboxylic acids is 1. The number of ether oxygens (including phenoxy) is 1. The van der Waals surface area contributed by atoms with Crippen molar-refractivity contribution in [2.45, 2.75) is 38.6 Å². The van der Waals surface area contributed by atoms with Crippen LogP contribution in [0.2, 0.25) is 0 Å². The van der Waals surface area contributed by atoms with E-state index < -0.39 is 17.6 Å². The van der Waals surface area contributed by atoms with Gasteiger partial charge in [0.1, 0.15) is 6.61 Å². The molecule has 2 N–H and O–H groups in total. The van der Waals surface area contributed by atoms with Crippen LogP contribution in [0.5, 0.6) is 0 Å². The van der Waals surface area contributed by atoms with Crippen molar-refractivity contribution in [2.75, 3.05) is 6.61 Å². The van der Waals surface area contributed by atoms with Crippen molar-refractivity contribution in [1.29, 1.82) is 0 Å². The van der Waals surface area contributed by atoms with Gasteiger partial charge in [-0.15, -0.1) is 0 Å². The average molecular weight is 367 g/mol. The van der Waals surface area contributed by atoms with Crippen LogP contribution >= 0.6 is 0 Å². The number of alkyl carbamates (subject to hydrolysis) is 1. The van der Waals surface area contributed by atoms with Crippen molar-refractivity contribution in [3.8, 4) is 11.1 Å². The fourth-order valence-corrected chi connectivity index (χ4v) is 3.54. The molecule has 0 aromatic heterocycles. The maximum Gasteiger partial charge on any atom is 0.407 e. The number of hydrogen-bond donors (Lipinski definition) is 2. The molecule has 3 rings (SSSR count). The molecule has 0 saturated heterocycles. The Kier molecular flexibility index (Phi) is 5.22. The molecule has 5 heteroatoms. The van der Waals surface area contributed by atoms with Crippen LogP contribution < -0.4 is 5.32 Å². The fraction of sp³-hybridized carbons (Fsp3) is 0.364. The first-order valence-electron chi connectivity index (χ1n) is 9.14. The van der Waals surface area contributed by atoms with Crippen LogP contribution in [0.25, 0.3) is 11.1 Å². The zero-order valence-electron chi connectivity index (χ0n) is 15.9. The Morgan fingerprint density at radius 1 is 1.07 bits per heavy atom. The first kappa shape index (κ1) is 19.0. The minimum absolute atomic E-state index is 0.00250. The van der Waals surface area contributed by atoms with Crippen molar-refractivity contribution >= 4 is 12.1 Å². The molecule has 1 amide bonds. The van der Waals surface area contributed by atoms with Gasteiger partial charge in [0.05, 0.1) is 6.42 Å². The SMILES string of the molecule is CC(CC(=O)O)C(C)(C)NC(=O)OCC1c2ccccc2-c2ccccc21. The van der Waals surface area contributed by atoms with E-state index in [1.54, 1.807) is 6.92 Å². The molecule has 0 fully saturated rings. The zero-order valence-corrected chi connectivity index (χ0v) is 15.9. The van der Waals surface area contributed by atoms with Crippen LogP contribution in [0.15, 0.2) is 48.5 Å². The Hall–Kier alpha value is -2.82. The van der Waals surface area contributed by atoms with Crippen molar-refractivity contribution in [2.24, 2.45) is 5.92 Å². The third-order valence-corrected chi connectivity index (χ3v) is 5.48. The summed E-state index contributed by atoms with van der Waals surface area (Å²) < 4.78 is 5.53. The van der Waals surface area contributed by atoms with Crippen LogP contribution in [0.3, 0.4) is 0 Å². The Bertz CT molecular complexity index is 813. The highest BCUT2D eigenvalue weighted by Crippen LogP contribution is 2.44. The van der Waals surface area contributed by atoms with Gasteiger partial charge in [0, 0.05) is 11.5 Å². The monoisotopic (exact) mass is 367 g/mol. The average Bonchev–Trinajstić information content (AvgIpc) is 2.93. The van der Waals surface area contributed by atoms with Crippen LogP contribution in [0.1, 0.15) is 44.2 Å². The summed E-state index contributed by atoms with van der Waals surface area (Å²) in [5.74, 6) is -1.11. The highest BCUT2D eigenvalue weighted by molar-refractivity contribution is 5.79. The van der Waals surface area contributed by atoms with Crippen LogP contribution in [-0.2, 0) is 9.53 Å². The zero-order chi connectivity index (χ0) is 19.6. The van der Waals surface area contributed by atoms with Gasteiger partial charge in [-0.05, 0) is 42.0 Å². The number of rotatable bonds is 6. The molecule has 0 spiro atoms. The Morgan fingerprint density at radius 3 is 2.11 bits per heavy atom. The molecule has 1 unspecified atom stereocenters. The van der Waals surface area contributed by atoms with Gasteiger partial charge < -0.3 is 15.2 Å². The molecular weight excluding hydrogens is 342 g/mol. The number of amides is 1. The van der Waals surface area contributed by atoms with Gasteiger partial charge >= 0.3 is 12.1 Å². The molecule has 5 nitrogen and oxygen atoms in total. The number of nitrogens with one attached hydrogen (secondary N) is 1. The lowest BCUT2D eigenvalue weighted by Crippen LogP contribution is -2.49. The lowest BCUT2D eigenvalue weighted by Gasteiger charge is -2.31. The Balaban J connectivity index is 1.68. The fourth-order valence-electron chi connectivity index (χ4n) is 3.54. The molecule has 0 saturated carbocycles. The maximum absolute atomic E-state index is 12.3. The molecular formula is C22H25NO4. The van der Waals surface area contributed by atoms with E-state index in [1.165, 1.54) is 11.1 Å². The highest BCUT2D eigenvalue weighted by Gasteiger charge is 2.32. The third kappa shape index (κ3) is 3.97. The highest BCUT2D eigenvalue weighted by atomic mass is 16.5. The quantitative estimate of drug-likeness (QED) is 0.793. The summed E-state index contributed by atoms with van der Waals surface area (Å²) in [6, 6.07) is 16.3. The molecule has 0 bridgehead atoms. The van der Waals surface area contributed by atoms with Gasteiger partial charge in [-0.25, -0.2) is 4.79 Å². The maximum atomic E-state index is 12.3. The van der Waals surface area contributed by atoms with Gasteiger partial charge in [0.15, 0.2) is 0 Å². The van der Waals surface area contributed by atoms with E-state index in [9.17, 15) is 9.59 Å². The van der Waals surface area contributed by atoms with Gasteiger partial charge in [-0.3, -0.25) is 4.79 Å². The minimum Gasteiger partial charge on any atom is -0.481 e. The molecule has 27 heavy (non-hydrogen) atoms. The second kappa shape index (κ2) is 7.43. The van der Waals surface area contributed by atoms with Gasteiger partial charge in [0.25, 0.3) is 0 Å². The predicted molar refractivity (Wildman–Crippen MR) is 104 cm³/mol. The summed E-state index contributed by atoms with van der Waals surface area (Å²) >= 11 is 0. The summed E-state index contributed by atoms with van der Waals surface area (Å²) in [4.78, 5) is 23.3. The molecule has 1 aliphatic carbocycles. The molecule has 2 aromatic carbocycles. The van der Waals surface area contributed by atoms with E-state index in [4.69, 9.17) is 9.84 Å². The number of benzene rings is 2. The normalized spacial score (nSPS) is 14.2. The predicted octanol–water partition coefficient (Wildman–Crippen LogP) is 4.41. The summed E-state index contributed by atoms with van der Waals surface area (Å²) in [6.07, 6.45) is -0.546. The number of hydrogen-bond acceptors (Lipinski definition) is 3. The van der Waals surface area contributed by atoms with E-state index in [1.807, 2.05) is 38.1 Å². The summed E-state index contributed by atoms with van der Waals surface area (Å²) in [6.45, 7) is 5.66. The summed E-state index contributed by atoms with van der Waals surface area (Å²) in [5.41, 5.74) is 3.99. The van der Waals surface area contributed by atoms with Crippen LogP contribution in [0, 0.1) is 5.92 Å². The Labute approximate surface area is 159 Å². The van der Waals surface area contributed by atoms with Crippen LogP contribution in [0.4, 0.5) is 4.79 Å². The van der Waals surface area contributed by atoms with Gasteiger partial charge in [-0.2, -0.15) is 0 Å². The molecule has 1 atom stereocenters. The van der Waals surface area contributed by atoms with Crippen molar-refractivity contribution in [1.82, 2.24) is 5.32 Å². The van der Waals surface area contributed by atoms with Gasteiger partial charge in [0.2, 0.25) is 0 Å². The van der Waals surface area contributed by atoms with E-state index in [2.05, 4.69) is 29.6 Å². The second-order valence-electron chi connectivity index (χ2n) is 7.67. The summed E-state index contributed by atoms with van der Waals surface area (Å²) in [5, 5.41) is 11.8.